The molecule has 1 amide bonds. The molecule has 94 valence electrons. The average Bonchev–Trinajstić information content (AvgIpc) is 2.80. The fraction of sp³-hybridized carbons (Fsp3) is 0.231. The van der Waals surface area contributed by atoms with Gasteiger partial charge < -0.3 is 0 Å². The maximum Gasteiger partial charge on any atom is 0.280 e. The van der Waals surface area contributed by atoms with E-state index < -0.39 is 0 Å². The molecule has 0 aliphatic heterocycles. The van der Waals surface area contributed by atoms with E-state index in [1.54, 1.807) is 17.9 Å². The molecule has 5 heteroatoms. The van der Waals surface area contributed by atoms with Crippen LogP contribution in [0, 0.1) is 6.92 Å². The monoisotopic (exact) mass is 245 g/mol. The van der Waals surface area contributed by atoms with E-state index in [0.29, 0.717) is 5.56 Å². The van der Waals surface area contributed by atoms with Gasteiger partial charge >= 0.3 is 0 Å². The fourth-order valence-electron chi connectivity index (χ4n) is 1.70. The van der Waals surface area contributed by atoms with E-state index in [0.717, 1.165) is 11.4 Å². The summed E-state index contributed by atoms with van der Waals surface area (Å²) in [6.07, 6.45) is 1.56. The number of rotatable bonds is 3. The van der Waals surface area contributed by atoms with Crippen LogP contribution in [0.25, 0.3) is 5.69 Å². The zero-order valence-corrected chi connectivity index (χ0v) is 10.6. The smallest absolute Gasteiger partial charge is 0.274 e. The number of amides is 1. The van der Waals surface area contributed by atoms with Crippen molar-refractivity contribution < 1.29 is 9.63 Å². The maximum absolute atomic E-state index is 12.0. The average molecular weight is 245 g/mol. The van der Waals surface area contributed by atoms with Crippen LogP contribution in [0.15, 0.2) is 36.5 Å². The lowest BCUT2D eigenvalue weighted by atomic mass is 10.2. The van der Waals surface area contributed by atoms with Gasteiger partial charge in [-0.2, -0.15) is 5.10 Å². The third-order valence-corrected chi connectivity index (χ3v) is 2.80. The molecule has 2 rings (SSSR count). The lowest BCUT2D eigenvalue weighted by Crippen LogP contribution is -2.25. The number of aromatic nitrogens is 2. The molecule has 1 aromatic heterocycles. The van der Waals surface area contributed by atoms with Crippen molar-refractivity contribution >= 4 is 5.91 Å². The maximum atomic E-state index is 12.0. The van der Waals surface area contributed by atoms with Crippen molar-refractivity contribution in [1.29, 1.82) is 0 Å². The van der Waals surface area contributed by atoms with Crippen molar-refractivity contribution in [2.75, 3.05) is 14.2 Å². The second kappa shape index (κ2) is 5.01. The van der Waals surface area contributed by atoms with Crippen LogP contribution in [0.5, 0.6) is 0 Å². The summed E-state index contributed by atoms with van der Waals surface area (Å²) in [4.78, 5) is 16.9. The summed E-state index contributed by atoms with van der Waals surface area (Å²) < 4.78 is 1.73. The molecule has 0 N–H and O–H groups in total. The molecule has 0 unspecified atom stereocenters. The summed E-state index contributed by atoms with van der Waals surface area (Å²) in [5.41, 5.74) is 2.24. The number of carbonyl (C=O) groups is 1. The quantitative estimate of drug-likeness (QED) is 0.775. The number of hydrogen-bond acceptors (Lipinski definition) is 3. The lowest BCUT2D eigenvalue weighted by molar-refractivity contribution is -0.0757. The molecule has 2 aromatic rings. The number of carbonyl (C=O) groups excluding carboxylic acids is 1. The first-order chi connectivity index (χ1) is 8.65. The van der Waals surface area contributed by atoms with Gasteiger partial charge in [0.1, 0.15) is 0 Å². The van der Waals surface area contributed by atoms with E-state index in [1.165, 1.54) is 12.2 Å². The molecular formula is C13H15N3O2. The largest absolute Gasteiger partial charge is 0.280 e. The summed E-state index contributed by atoms with van der Waals surface area (Å²) in [6, 6.07) is 9.67. The van der Waals surface area contributed by atoms with Crippen molar-refractivity contribution in [3.8, 4) is 5.69 Å². The predicted octanol–water partition coefficient (Wildman–Crippen LogP) is 1.81. The molecule has 0 atom stereocenters. The molecule has 0 saturated carbocycles. The highest BCUT2D eigenvalue weighted by atomic mass is 16.7. The second-order valence-corrected chi connectivity index (χ2v) is 3.88. The van der Waals surface area contributed by atoms with E-state index in [-0.39, 0.29) is 5.91 Å². The molecule has 0 aliphatic rings. The first-order valence-electron chi connectivity index (χ1n) is 5.57. The Morgan fingerprint density at radius 2 is 2.00 bits per heavy atom. The Labute approximate surface area is 106 Å². The van der Waals surface area contributed by atoms with E-state index >= 15 is 0 Å². The topological polar surface area (TPSA) is 47.4 Å². The Morgan fingerprint density at radius 3 is 2.61 bits per heavy atom. The minimum absolute atomic E-state index is 0.211. The standard InChI is InChI=1S/C13H15N3O2/c1-10-12(13(17)15(2)18-3)9-14-16(10)11-7-5-4-6-8-11/h4-9H,1-3H3. The first kappa shape index (κ1) is 12.3. The number of hydrogen-bond donors (Lipinski definition) is 0. The first-order valence-corrected chi connectivity index (χ1v) is 5.57. The number of nitrogens with zero attached hydrogens (tertiary/aromatic N) is 3. The molecule has 18 heavy (non-hydrogen) atoms. The van der Waals surface area contributed by atoms with Crippen molar-refractivity contribution in [3.63, 3.8) is 0 Å². The summed E-state index contributed by atoms with van der Waals surface area (Å²) in [5.74, 6) is -0.211. The molecule has 0 aliphatic carbocycles. The van der Waals surface area contributed by atoms with Crippen LogP contribution in [-0.4, -0.2) is 34.9 Å². The third kappa shape index (κ3) is 2.12. The van der Waals surface area contributed by atoms with Gasteiger partial charge in [-0.25, -0.2) is 9.75 Å². The van der Waals surface area contributed by atoms with Gasteiger partial charge in [0.05, 0.1) is 30.3 Å². The van der Waals surface area contributed by atoms with Gasteiger partial charge in [0.15, 0.2) is 0 Å². The molecule has 1 heterocycles. The highest BCUT2D eigenvalue weighted by molar-refractivity contribution is 5.94. The van der Waals surface area contributed by atoms with E-state index in [1.807, 2.05) is 37.3 Å². The van der Waals surface area contributed by atoms with Crippen LogP contribution in [0.4, 0.5) is 0 Å². The van der Waals surface area contributed by atoms with Gasteiger partial charge in [-0.1, -0.05) is 18.2 Å². The minimum atomic E-state index is -0.211. The van der Waals surface area contributed by atoms with Gasteiger partial charge in [0, 0.05) is 7.05 Å². The highest BCUT2D eigenvalue weighted by Crippen LogP contribution is 2.15. The highest BCUT2D eigenvalue weighted by Gasteiger charge is 2.18. The second-order valence-electron chi connectivity index (χ2n) is 3.88. The van der Waals surface area contributed by atoms with Crippen LogP contribution in [0.2, 0.25) is 0 Å². The van der Waals surface area contributed by atoms with Crippen molar-refractivity contribution in [2.45, 2.75) is 6.92 Å². The van der Waals surface area contributed by atoms with Crippen molar-refractivity contribution in [3.05, 3.63) is 47.8 Å². The summed E-state index contributed by atoms with van der Waals surface area (Å²) in [5, 5.41) is 5.42. The van der Waals surface area contributed by atoms with E-state index in [4.69, 9.17) is 4.84 Å². The third-order valence-electron chi connectivity index (χ3n) is 2.80. The minimum Gasteiger partial charge on any atom is -0.274 e. The SMILES string of the molecule is CON(C)C(=O)c1cnn(-c2ccccc2)c1C. The Hall–Kier alpha value is -2.14. The molecule has 0 spiro atoms. The van der Waals surface area contributed by atoms with Crippen molar-refractivity contribution in [2.24, 2.45) is 0 Å². The summed E-state index contributed by atoms with van der Waals surface area (Å²) in [6.45, 7) is 1.86. The van der Waals surface area contributed by atoms with Gasteiger partial charge in [0.25, 0.3) is 5.91 Å². The summed E-state index contributed by atoms with van der Waals surface area (Å²) >= 11 is 0. The molecule has 0 fully saturated rings. The Morgan fingerprint density at radius 1 is 1.33 bits per heavy atom. The summed E-state index contributed by atoms with van der Waals surface area (Å²) in [7, 11) is 3.02. The molecule has 0 radical (unpaired) electrons. The van der Waals surface area contributed by atoms with E-state index in [9.17, 15) is 4.79 Å². The number of benzene rings is 1. The molecular weight excluding hydrogens is 230 g/mol. The van der Waals surface area contributed by atoms with Crippen LogP contribution in [-0.2, 0) is 4.84 Å². The number of hydroxylamine groups is 2. The van der Waals surface area contributed by atoms with Gasteiger partial charge in [-0.15, -0.1) is 0 Å². The zero-order valence-electron chi connectivity index (χ0n) is 10.6. The Bertz CT molecular complexity index is 549. The van der Waals surface area contributed by atoms with Crippen LogP contribution >= 0.6 is 0 Å². The normalized spacial score (nSPS) is 10.4. The van der Waals surface area contributed by atoms with Crippen LogP contribution in [0.3, 0.4) is 0 Å². The number of para-hydroxylation sites is 1. The van der Waals surface area contributed by atoms with Crippen LogP contribution < -0.4 is 0 Å². The lowest BCUT2D eigenvalue weighted by Gasteiger charge is -2.13. The predicted molar refractivity (Wildman–Crippen MR) is 67.4 cm³/mol. The molecule has 5 nitrogen and oxygen atoms in total. The van der Waals surface area contributed by atoms with E-state index in [2.05, 4.69) is 5.10 Å². The van der Waals surface area contributed by atoms with Gasteiger partial charge in [-0.3, -0.25) is 9.63 Å². The molecule has 0 saturated heterocycles. The van der Waals surface area contributed by atoms with Crippen molar-refractivity contribution in [1.82, 2.24) is 14.8 Å². The Balaban J connectivity index is 2.38. The zero-order chi connectivity index (χ0) is 13.1. The van der Waals surface area contributed by atoms with Crippen LogP contribution in [0.1, 0.15) is 16.1 Å². The molecule has 1 aromatic carbocycles. The molecule has 0 bridgehead atoms. The fourth-order valence-corrected chi connectivity index (χ4v) is 1.70. The van der Waals surface area contributed by atoms with Gasteiger partial charge in [-0.05, 0) is 19.1 Å². The Kier molecular flexibility index (Phi) is 3.43. The van der Waals surface area contributed by atoms with Gasteiger partial charge in [0.2, 0.25) is 0 Å².